The van der Waals surface area contributed by atoms with Gasteiger partial charge in [0.1, 0.15) is 24.1 Å². The predicted molar refractivity (Wildman–Crippen MR) is 176 cm³/mol. The largest absolute Gasteiger partial charge is 0.460 e. The van der Waals surface area contributed by atoms with E-state index in [4.69, 9.17) is 14.2 Å². The first-order valence-corrected chi connectivity index (χ1v) is 16.4. The van der Waals surface area contributed by atoms with E-state index in [0.29, 0.717) is 42.5 Å². The number of ether oxygens (including phenoxy) is 3. The number of morpholine rings is 1. The van der Waals surface area contributed by atoms with Gasteiger partial charge in [0.15, 0.2) is 11.6 Å². The molecule has 246 valence electrons. The number of nitrogens with zero attached hydrogens (tertiary/aromatic N) is 4. The molecule has 2 fully saturated rings. The van der Waals surface area contributed by atoms with Crippen LogP contribution in [0.4, 0.5) is 10.1 Å². The van der Waals surface area contributed by atoms with Crippen LogP contribution in [0.1, 0.15) is 28.8 Å². The number of rotatable bonds is 12. The molecule has 0 spiro atoms. The molecule has 0 unspecified atom stereocenters. The molecule has 1 N–H and O–H groups in total. The van der Waals surface area contributed by atoms with Crippen molar-refractivity contribution < 1.29 is 33.0 Å². The molecule has 1 aliphatic heterocycles. The topological polar surface area (TPSA) is 125 Å². The number of pyridine rings is 1. The lowest BCUT2D eigenvalue weighted by molar-refractivity contribution is -0.126. The summed E-state index contributed by atoms with van der Waals surface area (Å²) < 4.78 is 34.3. The zero-order valence-corrected chi connectivity index (χ0v) is 26.7. The predicted octanol–water partition coefficient (Wildman–Crippen LogP) is 5.70. The van der Waals surface area contributed by atoms with Gasteiger partial charge in [0.2, 0.25) is 5.91 Å². The number of anilines is 1. The summed E-state index contributed by atoms with van der Waals surface area (Å²) in [5, 5.41) is 7.03. The molecule has 5 aromatic rings. The Balaban J connectivity index is 0.949. The van der Waals surface area contributed by atoms with Crippen molar-refractivity contribution in [2.45, 2.75) is 25.9 Å². The molecule has 1 aliphatic carbocycles. The number of halogens is 1. The minimum Gasteiger partial charge on any atom is -0.460 e. The first-order valence-electron chi connectivity index (χ1n) is 15.6. The minimum absolute atomic E-state index is 0.0155. The number of nitrogens with one attached hydrogen (secondary N) is 1. The zero-order valence-electron chi connectivity index (χ0n) is 25.9. The number of esters is 1. The van der Waals surface area contributed by atoms with E-state index in [1.54, 1.807) is 35.3 Å². The molecular weight excluding hydrogens is 637 g/mol. The van der Waals surface area contributed by atoms with E-state index in [1.807, 2.05) is 24.4 Å². The van der Waals surface area contributed by atoms with Crippen molar-refractivity contribution in [3.8, 4) is 21.9 Å². The number of aldehydes is 1. The maximum atomic E-state index is 15.0. The lowest BCUT2D eigenvalue weighted by atomic mass is 10.1. The van der Waals surface area contributed by atoms with Crippen molar-refractivity contribution in [3.05, 3.63) is 90.1 Å². The average molecular weight is 670 g/mol. The van der Waals surface area contributed by atoms with Crippen LogP contribution >= 0.6 is 11.3 Å². The van der Waals surface area contributed by atoms with Gasteiger partial charge >= 0.3 is 5.97 Å². The maximum Gasteiger partial charge on any atom is 0.338 e. The third-order valence-corrected chi connectivity index (χ3v) is 9.61. The van der Waals surface area contributed by atoms with Crippen LogP contribution in [0.2, 0.25) is 0 Å². The molecule has 4 heterocycles. The fourth-order valence-electron chi connectivity index (χ4n) is 5.40. The van der Waals surface area contributed by atoms with Gasteiger partial charge in [0.05, 0.1) is 41.7 Å². The number of hydrogen-bond donors (Lipinski definition) is 1. The fraction of sp³-hybridized carbons (Fsp3) is 0.286. The molecule has 0 radical (unpaired) electrons. The van der Waals surface area contributed by atoms with Crippen LogP contribution in [-0.4, -0.2) is 70.7 Å². The third kappa shape index (κ3) is 6.98. The molecule has 0 atom stereocenters. The highest BCUT2D eigenvalue weighted by Gasteiger charge is 2.50. The van der Waals surface area contributed by atoms with Gasteiger partial charge < -0.3 is 24.3 Å². The number of benzene rings is 2. The maximum absolute atomic E-state index is 15.0. The minimum atomic E-state index is -0.995. The zero-order chi connectivity index (χ0) is 33.1. The number of amides is 1. The van der Waals surface area contributed by atoms with Crippen molar-refractivity contribution in [2.24, 2.45) is 5.41 Å². The molecule has 1 saturated carbocycles. The molecule has 2 aromatic carbocycles. The van der Waals surface area contributed by atoms with Crippen LogP contribution in [-0.2, 0) is 32.2 Å². The second-order valence-electron chi connectivity index (χ2n) is 11.8. The van der Waals surface area contributed by atoms with Gasteiger partial charge in [-0.15, -0.1) is 11.3 Å². The Morgan fingerprint density at radius 2 is 1.88 bits per heavy atom. The van der Waals surface area contributed by atoms with Crippen LogP contribution in [0.3, 0.4) is 0 Å². The summed E-state index contributed by atoms with van der Waals surface area (Å²) in [6.45, 7) is 4.66. The SMILES string of the molecule is O=CC1(C(=O)Nc2ccc(Oc3ccnc4cc(-c5cnn(CCOC(=O)c6ccc(CN7CCOCC7)cc6)c5)sc34)c(F)c2)CC1. The van der Waals surface area contributed by atoms with Crippen molar-refractivity contribution in [3.63, 3.8) is 0 Å². The molecule has 0 bridgehead atoms. The monoisotopic (exact) mass is 669 g/mol. The molecular formula is C35H32FN5O6S. The standard InChI is InChI=1S/C35H32FN5O6S/c36-27-17-26(39-34(44)35(22-42)8-9-35)5-6-29(27)47-30-7-10-37-28-18-31(48-32(28)30)25-19-38-41(21-25)13-16-46-33(43)24-3-1-23(2-4-24)20-40-11-14-45-15-12-40/h1-7,10,17-19,21-22H,8-9,11-16,20H2,(H,39,44). The molecule has 48 heavy (non-hydrogen) atoms. The molecule has 11 nitrogen and oxygen atoms in total. The summed E-state index contributed by atoms with van der Waals surface area (Å²) in [7, 11) is 0. The van der Waals surface area contributed by atoms with Crippen LogP contribution in [0.25, 0.3) is 20.7 Å². The van der Waals surface area contributed by atoms with E-state index in [9.17, 15) is 18.8 Å². The molecule has 7 rings (SSSR count). The highest BCUT2D eigenvalue weighted by atomic mass is 32.1. The second kappa shape index (κ2) is 13.6. The molecule has 2 aliphatic rings. The van der Waals surface area contributed by atoms with Crippen LogP contribution in [0.5, 0.6) is 11.5 Å². The summed E-state index contributed by atoms with van der Waals surface area (Å²) in [4.78, 5) is 43.8. The Labute approximate surface area is 279 Å². The van der Waals surface area contributed by atoms with Gasteiger partial charge in [-0.3, -0.25) is 19.4 Å². The van der Waals surface area contributed by atoms with Crippen LogP contribution < -0.4 is 10.1 Å². The van der Waals surface area contributed by atoms with E-state index in [1.165, 1.54) is 29.5 Å². The first kappa shape index (κ1) is 31.6. The van der Waals surface area contributed by atoms with Crippen LogP contribution in [0.15, 0.2) is 73.2 Å². The molecule has 13 heteroatoms. The van der Waals surface area contributed by atoms with Crippen molar-refractivity contribution in [1.29, 1.82) is 0 Å². The summed E-state index contributed by atoms with van der Waals surface area (Å²) in [6, 6.07) is 15.2. The molecule has 1 saturated heterocycles. The number of fused-ring (bicyclic) bond motifs is 1. The Morgan fingerprint density at radius 3 is 2.62 bits per heavy atom. The molecule has 1 amide bonds. The first-order chi connectivity index (χ1) is 23.4. The van der Waals surface area contributed by atoms with E-state index in [2.05, 4.69) is 20.3 Å². The lowest BCUT2D eigenvalue weighted by Gasteiger charge is -2.26. The highest BCUT2D eigenvalue weighted by Crippen LogP contribution is 2.44. The van der Waals surface area contributed by atoms with Gasteiger partial charge in [0, 0.05) is 60.3 Å². The summed E-state index contributed by atoms with van der Waals surface area (Å²) in [5.41, 5.74) is 2.42. The lowest BCUT2D eigenvalue weighted by Crippen LogP contribution is -2.35. The van der Waals surface area contributed by atoms with Crippen molar-refractivity contribution in [1.82, 2.24) is 19.7 Å². The Hall–Kier alpha value is -4.98. The Kier molecular flexibility index (Phi) is 8.98. The third-order valence-electron chi connectivity index (χ3n) is 8.42. The quantitative estimate of drug-likeness (QED) is 0.101. The van der Waals surface area contributed by atoms with Gasteiger partial charge in [-0.2, -0.15) is 5.10 Å². The number of carbonyl (C=O) groups is 3. The van der Waals surface area contributed by atoms with E-state index < -0.39 is 17.1 Å². The number of hydrogen-bond acceptors (Lipinski definition) is 10. The van der Waals surface area contributed by atoms with Crippen molar-refractivity contribution in [2.75, 3.05) is 38.2 Å². The normalized spacial score (nSPS) is 15.6. The van der Waals surface area contributed by atoms with Gasteiger partial charge in [0.25, 0.3) is 0 Å². The van der Waals surface area contributed by atoms with Crippen LogP contribution in [0, 0.1) is 11.2 Å². The number of carbonyl (C=O) groups excluding carboxylic acids is 3. The van der Waals surface area contributed by atoms with Gasteiger partial charge in [-0.25, -0.2) is 9.18 Å². The summed E-state index contributed by atoms with van der Waals surface area (Å²) >= 11 is 1.43. The second-order valence-corrected chi connectivity index (χ2v) is 12.9. The Morgan fingerprint density at radius 1 is 1.06 bits per heavy atom. The Bertz CT molecular complexity index is 1970. The highest BCUT2D eigenvalue weighted by molar-refractivity contribution is 7.22. The van der Waals surface area contributed by atoms with E-state index >= 15 is 0 Å². The summed E-state index contributed by atoms with van der Waals surface area (Å²) in [5.74, 6) is -1.06. The summed E-state index contributed by atoms with van der Waals surface area (Å²) in [6.07, 6.45) is 6.82. The van der Waals surface area contributed by atoms with Gasteiger partial charge in [-0.05, 0) is 48.7 Å². The molecule has 3 aromatic heterocycles. The van der Waals surface area contributed by atoms with E-state index in [0.717, 1.165) is 53.6 Å². The van der Waals surface area contributed by atoms with Crippen molar-refractivity contribution >= 4 is 45.4 Å². The average Bonchev–Trinajstić information content (AvgIpc) is 3.55. The van der Waals surface area contributed by atoms with Gasteiger partial charge in [-0.1, -0.05) is 12.1 Å². The fourth-order valence-corrected chi connectivity index (χ4v) is 6.44. The number of aromatic nitrogens is 3. The smallest absolute Gasteiger partial charge is 0.338 e. The van der Waals surface area contributed by atoms with E-state index in [-0.39, 0.29) is 24.0 Å². The number of thiophene rings is 1.